The molecule has 3 rings (SSSR count). The fourth-order valence-electron chi connectivity index (χ4n) is 2.90. The molecule has 1 amide bonds. The zero-order valence-electron chi connectivity index (χ0n) is 16.3. The van der Waals surface area contributed by atoms with Gasteiger partial charge in [-0.3, -0.25) is 14.9 Å². The highest BCUT2D eigenvalue weighted by atomic mass is 32.3. The van der Waals surface area contributed by atoms with E-state index < -0.39 is 25.9 Å². The van der Waals surface area contributed by atoms with E-state index in [2.05, 4.69) is 5.32 Å². The molecule has 3 aromatic rings. The summed E-state index contributed by atoms with van der Waals surface area (Å²) in [7, 11) is -4.84. The summed E-state index contributed by atoms with van der Waals surface area (Å²) in [6.07, 6.45) is 1.60. The van der Waals surface area contributed by atoms with E-state index in [1.165, 1.54) is 36.4 Å². The lowest BCUT2D eigenvalue weighted by Crippen LogP contribution is -2.14. The SMILES string of the molecule is Cc1ccccc1/C(=C/c1ccc([N+](=O)[O-])cc1)C(=O)Nc1ccc(S(=O)(=O)F)cc1. The molecule has 0 unspecified atom stereocenters. The molecule has 0 spiro atoms. The summed E-state index contributed by atoms with van der Waals surface area (Å²) in [5.74, 6) is -0.483. The molecule has 0 heterocycles. The van der Waals surface area contributed by atoms with Crippen molar-refractivity contribution in [2.24, 2.45) is 0 Å². The fraction of sp³-hybridized carbons (Fsp3) is 0.0455. The molecule has 0 bridgehead atoms. The van der Waals surface area contributed by atoms with E-state index in [0.717, 1.165) is 17.7 Å². The average Bonchev–Trinajstić information content (AvgIpc) is 2.72. The lowest BCUT2D eigenvalue weighted by molar-refractivity contribution is -0.384. The highest BCUT2D eigenvalue weighted by Gasteiger charge is 2.16. The maximum absolute atomic E-state index is 13.1. The Hall–Kier alpha value is -3.85. The van der Waals surface area contributed by atoms with Crippen molar-refractivity contribution >= 4 is 39.2 Å². The van der Waals surface area contributed by atoms with Gasteiger partial charge in [-0.25, -0.2) is 0 Å². The molecule has 7 nitrogen and oxygen atoms in total. The number of hydrogen-bond donors (Lipinski definition) is 1. The second-order valence-electron chi connectivity index (χ2n) is 6.64. The van der Waals surface area contributed by atoms with Gasteiger partial charge >= 0.3 is 10.2 Å². The number of amides is 1. The van der Waals surface area contributed by atoms with E-state index in [-0.39, 0.29) is 11.4 Å². The summed E-state index contributed by atoms with van der Waals surface area (Å²) >= 11 is 0. The number of benzene rings is 3. The molecule has 0 saturated heterocycles. The summed E-state index contributed by atoms with van der Waals surface area (Å²) in [6, 6.07) is 17.6. The lowest BCUT2D eigenvalue weighted by Gasteiger charge is -2.12. The van der Waals surface area contributed by atoms with Crippen LogP contribution in [0.25, 0.3) is 11.6 Å². The third-order valence-corrected chi connectivity index (χ3v) is 5.32. The molecule has 9 heteroatoms. The standard InChI is InChI=1S/C22H17FN2O5S/c1-15-4-2-3-5-20(15)21(14-16-6-10-18(11-7-16)25(27)28)22(26)24-17-8-12-19(13-9-17)31(23,29)30/h2-14H,1H3,(H,24,26)/b21-14-. The van der Waals surface area contributed by atoms with E-state index in [4.69, 9.17) is 0 Å². The normalized spacial score (nSPS) is 11.7. The third kappa shape index (κ3) is 5.40. The minimum atomic E-state index is -4.84. The number of hydrogen-bond acceptors (Lipinski definition) is 5. The third-order valence-electron chi connectivity index (χ3n) is 4.49. The van der Waals surface area contributed by atoms with Crippen LogP contribution in [0.3, 0.4) is 0 Å². The number of nitrogens with one attached hydrogen (secondary N) is 1. The van der Waals surface area contributed by atoms with Crippen LogP contribution < -0.4 is 5.32 Å². The van der Waals surface area contributed by atoms with Crippen molar-refractivity contribution in [1.82, 2.24) is 0 Å². The lowest BCUT2D eigenvalue weighted by atomic mass is 9.97. The number of non-ortho nitro benzene ring substituents is 1. The number of nitrogens with zero attached hydrogens (tertiary/aromatic N) is 1. The highest BCUT2D eigenvalue weighted by Crippen LogP contribution is 2.25. The predicted molar refractivity (Wildman–Crippen MR) is 116 cm³/mol. The number of carbonyl (C=O) groups excluding carboxylic acids is 1. The van der Waals surface area contributed by atoms with Crippen LogP contribution in [0.2, 0.25) is 0 Å². The van der Waals surface area contributed by atoms with Crippen LogP contribution in [0.4, 0.5) is 15.3 Å². The molecule has 0 aliphatic rings. The van der Waals surface area contributed by atoms with Crippen molar-refractivity contribution in [3.63, 3.8) is 0 Å². The van der Waals surface area contributed by atoms with Crippen molar-refractivity contribution in [3.8, 4) is 0 Å². The molecule has 0 atom stereocenters. The van der Waals surface area contributed by atoms with Crippen molar-refractivity contribution < 1.29 is 22.0 Å². The highest BCUT2D eigenvalue weighted by molar-refractivity contribution is 7.86. The summed E-state index contributed by atoms with van der Waals surface area (Å²) in [5, 5.41) is 13.5. The van der Waals surface area contributed by atoms with Crippen LogP contribution in [0.15, 0.2) is 77.7 Å². The Bertz CT molecular complexity index is 1270. The van der Waals surface area contributed by atoms with Crippen LogP contribution in [0.1, 0.15) is 16.7 Å². The van der Waals surface area contributed by atoms with Gasteiger partial charge in [0.2, 0.25) is 0 Å². The van der Waals surface area contributed by atoms with Gasteiger partial charge in [-0.1, -0.05) is 24.3 Å². The average molecular weight is 440 g/mol. The van der Waals surface area contributed by atoms with Crippen molar-refractivity contribution in [2.45, 2.75) is 11.8 Å². The summed E-state index contributed by atoms with van der Waals surface area (Å²) in [5.41, 5.74) is 2.58. The van der Waals surface area contributed by atoms with E-state index in [0.29, 0.717) is 16.7 Å². The number of carbonyl (C=O) groups is 1. The Morgan fingerprint density at radius 3 is 2.16 bits per heavy atom. The zero-order chi connectivity index (χ0) is 22.6. The summed E-state index contributed by atoms with van der Waals surface area (Å²) < 4.78 is 35.0. The molecule has 0 fully saturated rings. The fourth-order valence-corrected chi connectivity index (χ4v) is 3.36. The first-order chi connectivity index (χ1) is 14.6. The largest absolute Gasteiger partial charge is 0.332 e. The van der Waals surface area contributed by atoms with Gasteiger partial charge in [0.1, 0.15) is 0 Å². The van der Waals surface area contributed by atoms with Crippen molar-refractivity contribution in [3.05, 3.63) is 99.6 Å². The number of halogens is 1. The van der Waals surface area contributed by atoms with Gasteiger partial charge in [0.25, 0.3) is 11.6 Å². The molecule has 0 aromatic heterocycles. The molecular formula is C22H17FN2O5S. The van der Waals surface area contributed by atoms with Crippen LogP contribution in [-0.4, -0.2) is 19.2 Å². The molecule has 0 aliphatic heterocycles. The Kier molecular flexibility index (Phi) is 6.26. The Morgan fingerprint density at radius 2 is 1.61 bits per heavy atom. The Balaban J connectivity index is 1.97. The van der Waals surface area contributed by atoms with Crippen molar-refractivity contribution in [2.75, 3.05) is 5.32 Å². The molecule has 1 N–H and O–H groups in total. The molecule has 0 radical (unpaired) electrons. The molecular weight excluding hydrogens is 423 g/mol. The van der Waals surface area contributed by atoms with Crippen LogP contribution in [0.5, 0.6) is 0 Å². The van der Waals surface area contributed by atoms with Gasteiger partial charge in [0, 0.05) is 23.4 Å². The topological polar surface area (TPSA) is 106 Å². The molecule has 0 aliphatic carbocycles. The van der Waals surface area contributed by atoms with E-state index in [1.54, 1.807) is 18.2 Å². The van der Waals surface area contributed by atoms with Gasteiger partial charge in [-0.15, -0.1) is 3.89 Å². The minimum absolute atomic E-state index is 0.0676. The first-order valence-electron chi connectivity index (χ1n) is 9.03. The van der Waals surface area contributed by atoms with Gasteiger partial charge < -0.3 is 5.32 Å². The molecule has 158 valence electrons. The van der Waals surface area contributed by atoms with E-state index in [9.17, 15) is 27.2 Å². The number of anilines is 1. The summed E-state index contributed by atoms with van der Waals surface area (Å²) in [4.78, 5) is 22.9. The van der Waals surface area contributed by atoms with Gasteiger partial charge in [0.05, 0.1) is 9.82 Å². The Morgan fingerprint density at radius 1 is 1.00 bits per heavy atom. The predicted octanol–water partition coefficient (Wildman–Crippen LogP) is 4.74. The second kappa shape index (κ2) is 8.88. The molecule has 0 saturated carbocycles. The number of rotatable bonds is 6. The first kappa shape index (κ1) is 21.8. The number of aryl methyl sites for hydroxylation is 1. The molecule has 3 aromatic carbocycles. The van der Waals surface area contributed by atoms with Gasteiger partial charge in [-0.05, 0) is 66.1 Å². The summed E-state index contributed by atoms with van der Waals surface area (Å²) in [6.45, 7) is 1.84. The quantitative estimate of drug-likeness (QED) is 0.196. The molecule has 31 heavy (non-hydrogen) atoms. The minimum Gasteiger partial charge on any atom is -0.322 e. The first-order valence-corrected chi connectivity index (χ1v) is 10.4. The maximum Gasteiger partial charge on any atom is 0.332 e. The van der Waals surface area contributed by atoms with Crippen LogP contribution in [-0.2, 0) is 15.0 Å². The number of nitro benzene ring substituents is 1. The van der Waals surface area contributed by atoms with Gasteiger partial charge in [-0.2, -0.15) is 8.42 Å². The zero-order valence-corrected chi connectivity index (χ0v) is 17.1. The van der Waals surface area contributed by atoms with E-state index >= 15 is 0 Å². The second-order valence-corrected chi connectivity index (χ2v) is 7.99. The van der Waals surface area contributed by atoms with Gasteiger partial charge in [0.15, 0.2) is 0 Å². The van der Waals surface area contributed by atoms with Crippen LogP contribution >= 0.6 is 0 Å². The Labute approximate surface area is 178 Å². The maximum atomic E-state index is 13.1. The smallest absolute Gasteiger partial charge is 0.322 e. The van der Waals surface area contributed by atoms with Crippen molar-refractivity contribution in [1.29, 1.82) is 0 Å². The monoisotopic (exact) mass is 440 g/mol. The number of nitro groups is 1. The van der Waals surface area contributed by atoms with Crippen LogP contribution in [0, 0.1) is 17.0 Å². The van der Waals surface area contributed by atoms with E-state index in [1.807, 2.05) is 19.1 Å².